The summed E-state index contributed by atoms with van der Waals surface area (Å²) in [4.78, 5) is 21.9. The SMILES string of the molecule is CCOc1ccc2nc(N(CCCN(C)C)C(=O)c3cccc(Br)c3)sc2c1. The van der Waals surface area contributed by atoms with E-state index in [2.05, 4.69) is 20.8 Å². The Kier molecular flexibility index (Phi) is 7.04. The van der Waals surface area contributed by atoms with E-state index in [0.717, 1.165) is 33.4 Å². The zero-order chi connectivity index (χ0) is 20.1. The minimum Gasteiger partial charge on any atom is -0.494 e. The summed E-state index contributed by atoms with van der Waals surface area (Å²) in [6.45, 7) is 4.10. The van der Waals surface area contributed by atoms with Gasteiger partial charge in [0.15, 0.2) is 5.13 Å². The van der Waals surface area contributed by atoms with Crippen LogP contribution in [0.15, 0.2) is 46.9 Å². The van der Waals surface area contributed by atoms with Gasteiger partial charge in [-0.15, -0.1) is 0 Å². The van der Waals surface area contributed by atoms with Crippen molar-refractivity contribution in [3.63, 3.8) is 0 Å². The summed E-state index contributed by atoms with van der Waals surface area (Å²) in [7, 11) is 4.07. The molecule has 7 heteroatoms. The Bertz CT molecular complexity index is 958. The van der Waals surface area contributed by atoms with Crippen molar-refractivity contribution in [2.75, 3.05) is 38.7 Å². The maximum absolute atomic E-state index is 13.3. The Balaban J connectivity index is 1.93. The molecule has 0 spiro atoms. The summed E-state index contributed by atoms with van der Waals surface area (Å²) in [5, 5.41) is 0.715. The topological polar surface area (TPSA) is 45.7 Å². The summed E-state index contributed by atoms with van der Waals surface area (Å²) < 4.78 is 7.49. The van der Waals surface area contributed by atoms with Crippen molar-refractivity contribution in [3.8, 4) is 5.75 Å². The maximum Gasteiger partial charge on any atom is 0.260 e. The Morgan fingerprint density at radius 3 is 2.71 bits per heavy atom. The van der Waals surface area contributed by atoms with Crippen molar-refractivity contribution in [1.29, 1.82) is 0 Å². The van der Waals surface area contributed by atoms with Crippen LogP contribution >= 0.6 is 27.3 Å². The average molecular weight is 462 g/mol. The summed E-state index contributed by atoms with van der Waals surface area (Å²) in [6, 6.07) is 13.3. The third-order valence-electron chi connectivity index (χ3n) is 4.19. The molecule has 0 unspecified atom stereocenters. The van der Waals surface area contributed by atoms with Crippen LogP contribution in [0.2, 0.25) is 0 Å². The number of amides is 1. The second-order valence-corrected chi connectivity index (χ2v) is 8.61. The molecule has 0 radical (unpaired) electrons. The fourth-order valence-electron chi connectivity index (χ4n) is 2.87. The third-order valence-corrected chi connectivity index (χ3v) is 5.73. The van der Waals surface area contributed by atoms with Gasteiger partial charge in [-0.1, -0.05) is 33.3 Å². The molecule has 0 fully saturated rings. The first-order chi connectivity index (χ1) is 13.5. The molecule has 1 aromatic heterocycles. The first-order valence-electron chi connectivity index (χ1n) is 9.23. The molecule has 0 aliphatic heterocycles. The van der Waals surface area contributed by atoms with Crippen LogP contribution in [-0.2, 0) is 0 Å². The predicted molar refractivity (Wildman–Crippen MR) is 120 cm³/mol. The lowest BCUT2D eigenvalue weighted by Crippen LogP contribution is -2.33. The highest BCUT2D eigenvalue weighted by atomic mass is 79.9. The molecule has 148 valence electrons. The zero-order valence-corrected chi connectivity index (χ0v) is 18.7. The van der Waals surface area contributed by atoms with Crippen LogP contribution in [0.1, 0.15) is 23.7 Å². The molecule has 28 heavy (non-hydrogen) atoms. The van der Waals surface area contributed by atoms with Gasteiger partial charge in [0.1, 0.15) is 5.75 Å². The molecule has 1 heterocycles. The van der Waals surface area contributed by atoms with Crippen LogP contribution in [0, 0.1) is 0 Å². The summed E-state index contributed by atoms with van der Waals surface area (Å²) in [5.74, 6) is 0.784. The highest BCUT2D eigenvalue weighted by molar-refractivity contribution is 9.10. The molecule has 0 aliphatic carbocycles. The van der Waals surface area contributed by atoms with Crippen LogP contribution in [-0.4, -0.2) is 49.6 Å². The molecular formula is C21H24BrN3O2S. The first-order valence-corrected chi connectivity index (χ1v) is 10.8. The molecule has 0 atom stereocenters. The number of rotatable bonds is 8. The fraction of sp³-hybridized carbons (Fsp3) is 0.333. The van der Waals surface area contributed by atoms with E-state index in [-0.39, 0.29) is 5.91 Å². The minimum atomic E-state index is -0.0378. The van der Waals surface area contributed by atoms with Crippen molar-refractivity contribution < 1.29 is 9.53 Å². The molecule has 1 amide bonds. The number of halogens is 1. The second-order valence-electron chi connectivity index (χ2n) is 6.68. The Labute approximate surface area is 178 Å². The van der Waals surface area contributed by atoms with Gasteiger partial charge in [0.2, 0.25) is 0 Å². The molecular weight excluding hydrogens is 438 g/mol. The molecule has 5 nitrogen and oxygen atoms in total. The van der Waals surface area contributed by atoms with Gasteiger partial charge < -0.3 is 9.64 Å². The van der Waals surface area contributed by atoms with Crippen LogP contribution < -0.4 is 9.64 Å². The van der Waals surface area contributed by atoms with Crippen molar-refractivity contribution >= 4 is 48.5 Å². The number of benzene rings is 2. The Morgan fingerprint density at radius 1 is 1.18 bits per heavy atom. The number of thiazole rings is 1. The van der Waals surface area contributed by atoms with Gasteiger partial charge in [0.05, 0.1) is 16.8 Å². The molecule has 0 bridgehead atoms. The molecule has 0 N–H and O–H groups in total. The Morgan fingerprint density at radius 2 is 2.00 bits per heavy atom. The van der Waals surface area contributed by atoms with Crippen LogP contribution in [0.3, 0.4) is 0 Å². The highest BCUT2D eigenvalue weighted by Gasteiger charge is 2.21. The highest BCUT2D eigenvalue weighted by Crippen LogP contribution is 2.32. The van der Waals surface area contributed by atoms with Crippen LogP contribution in [0.25, 0.3) is 10.2 Å². The second kappa shape index (κ2) is 9.49. The Hall–Kier alpha value is -1.96. The van der Waals surface area contributed by atoms with Crippen molar-refractivity contribution in [2.24, 2.45) is 0 Å². The summed E-state index contributed by atoms with van der Waals surface area (Å²) in [6.07, 6.45) is 0.868. The lowest BCUT2D eigenvalue weighted by molar-refractivity contribution is 0.0986. The number of hydrogen-bond acceptors (Lipinski definition) is 5. The third kappa shape index (κ3) is 5.10. The van der Waals surface area contributed by atoms with E-state index in [9.17, 15) is 4.79 Å². The first kappa shape index (κ1) is 20.8. The maximum atomic E-state index is 13.3. The van der Waals surface area contributed by atoms with Crippen molar-refractivity contribution in [2.45, 2.75) is 13.3 Å². The lowest BCUT2D eigenvalue weighted by Gasteiger charge is -2.21. The van der Waals surface area contributed by atoms with E-state index in [0.29, 0.717) is 23.8 Å². The number of carbonyl (C=O) groups excluding carboxylic acids is 1. The summed E-state index contributed by atoms with van der Waals surface area (Å²) in [5.41, 5.74) is 1.52. The number of fused-ring (bicyclic) bond motifs is 1. The molecule has 2 aromatic carbocycles. The number of hydrogen-bond donors (Lipinski definition) is 0. The summed E-state index contributed by atoms with van der Waals surface area (Å²) >= 11 is 4.97. The fourth-order valence-corrected chi connectivity index (χ4v) is 4.29. The van der Waals surface area contributed by atoms with E-state index in [1.54, 1.807) is 4.90 Å². The molecule has 3 aromatic rings. The van der Waals surface area contributed by atoms with Gasteiger partial charge in [0, 0.05) is 16.6 Å². The molecule has 0 saturated heterocycles. The molecule has 0 saturated carbocycles. The van der Waals surface area contributed by atoms with Gasteiger partial charge >= 0.3 is 0 Å². The van der Waals surface area contributed by atoms with E-state index in [1.165, 1.54) is 11.3 Å². The largest absolute Gasteiger partial charge is 0.494 e. The number of aromatic nitrogens is 1. The van der Waals surface area contributed by atoms with Gasteiger partial charge in [-0.3, -0.25) is 9.69 Å². The number of anilines is 1. The van der Waals surface area contributed by atoms with Crippen molar-refractivity contribution in [1.82, 2.24) is 9.88 Å². The number of ether oxygens (including phenoxy) is 1. The number of carbonyl (C=O) groups is 1. The van der Waals surface area contributed by atoms with E-state index >= 15 is 0 Å². The quantitative estimate of drug-likeness (QED) is 0.470. The van der Waals surface area contributed by atoms with E-state index in [4.69, 9.17) is 9.72 Å². The predicted octanol–water partition coefficient (Wildman–Crippen LogP) is 5.06. The average Bonchev–Trinajstić information content (AvgIpc) is 3.07. The standard InChI is InChI=1S/C21H24BrN3O2S/c1-4-27-17-9-10-18-19(14-17)28-21(23-18)25(12-6-11-24(2)3)20(26)15-7-5-8-16(22)13-15/h5,7-10,13-14H,4,6,11-12H2,1-3H3. The van der Waals surface area contributed by atoms with Gasteiger partial charge in [-0.25, -0.2) is 4.98 Å². The lowest BCUT2D eigenvalue weighted by atomic mass is 10.2. The van der Waals surface area contributed by atoms with E-state index in [1.807, 2.05) is 63.5 Å². The van der Waals surface area contributed by atoms with Crippen LogP contribution in [0.5, 0.6) is 5.75 Å². The minimum absolute atomic E-state index is 0.0378. The van der Waals surface area contributed by atoms with Gasteiger partial charge in [-0.05, 0) is 70.4 Å². The van der Waals surface area contributed by atoms with E-state index < -0.39 is 0 Å². The van der Waals surface area contributed by atoms with Gasteiger partial charge in [-0.2, -0.15) is 0 Å². The smallest absolute Gasteiger partial charge is 0.260 e. The molecule has 0 aliphatic rings. The normalized spacial score (nSPS) is 11.2. The molecule has 3 rings (SSSR count). The van der Waals surface area contributed by atoms with Crippen LogP contribution in [0.4, 0.5) is 5.13 Å². The van der Waals surface area contributed by atoms with Crippen molar-refractivity contribution in [3.05, 3.63) is 52.5 Å². The monoisotopic (exact) mass is 461 g/mol. The van der Waals surface area contributed by atoms with Gasteiger partial charge in [0.25, 0.3) is 5.91 Å². The number of nitrogens with zero attached hydrogens (tertiary/aromatic N) is 3. The zero-order valence-electron chi connectivity index (χ0n) is 16.3.